The lowest BCUT2D eigenvalue weighted by atomic mass is 10.2. The minimum absolute atomic E-state index is 0.0871. The normalized spacial score (nSPS) is 10.0. The smallest absolute Gasteiger partial charge is 0.235 e. The molecule has 0 aliphatic rings. The average Bonchev–Trinajstić information content (AvgIpc) is 2.41. The lowest BCUT2D eigenvalue weighted by molar-refractivity contribution is -0.119. The Kier molecular flexibility index (Phi) is 4.58. The van der Waals surface area contributed by atoms with Gasteiger partial charge in [-0.2, -0.15) is 0 Å². The fourth-order valence-electron chi connectivity index (χ4n) is 1.79. The van der Waals surface area contributed by atoms with E-state index in [1.807, 2.05) is 59.6 Å². The van der Waals surface area contributed by atoms with Crippen LogP contribution in [0.1, 0.15) is 12.5 Å². The molecule has 0 aliphatic carbocycles. The van der Waals surface area contributed by atoms with Crippen molar-refractivity contribution in [2.24, 2.45) is 0 Å². The van der Waals surface area contributed by atoms with Crippen LogP contribution in [0.3, 0.4) is 0 Å². The Balaban J connectivity index is 2.24. The number of rotatable bonds is 4. The molecule has 0 aliphatic heterocycles. The third kappa shape index (κ3) is 3.83. The van der Waals surface area contributed by atoms with Crippen molar-refractivity contribution >= 4 is 27.5 Å². The summed E-state index contributed by atoms with van der Waals surface area (Å²) in [5, 5.41) is 1.84. The second-order valence-electron chi connectivity index (χ2n) is 4.18. The van der Waals surface area contributed by atoms with E-state index in [1.54, 1.807) is 0 Å². The van der Waals surface area contributed by atoms with Crippen molar-refractivity contribution in [1.82, 2.24) is 5.43 Å². The highest BCUT2D eigenvalue weighted by molar-refractivity contribution is 9.10. The summed E-state index contributed by atoms with van der Waals surface area (Å²) in [6.45, 7) is 2.11. The van der Waals surface area contributed by atoms with Crippen LogP contribution in [-0.2, 0) is 11.3 Å². The van der Waals surface area contributed by atoms with E-state index in [9.17, 15) is 4.79 Å². The van der Waals surface area contributed by atoms with Gasteiger partial charge in [0, 0.05) is 11.4 Å². The molecule has 0 bridgehead atoms. The molecule has 2 aromatic rings. The molecule has 0 heterocycles. The van der Waals surface area contributed by atoms with Crippen LogP contribution in [0.2, 0.25) is 0 Å². The number of hydrogen-bond acceptors (Lipinski definition) is 2. The summed E-state index contributed by atoms with van der Waals surface area (Å²) in [6.07, 6.45) is 0. The van der Waals surface area contributed by atoms with Crippen LogP contribution in [0.25, 0.3) is 0 Å². The molecule has 3 nitrogen and oxygen atoms in total. The molecule has 4 heteroatoms. The van der Waals surface area contributed by atoms with Crippen molar-refractivity contribution < 1.29 is 4.79 Å². The maximum Gasteiger partial charge on any atom is 0.235 e. The first-order valence-electron chi connectivity index (χ1n) is 6.00. The minimum Gasteiger partial charge on any atom is -0.281 e. The summed E-state index contributed by atoms with van der Waals surface area (Å²) < 4.78 is 1.03. The highest BCUT2D eigenvalue weighted by Gasteiger charge is 2.10. The van der Waals surface area contributed by atoms with Crippen LogP contribution in [-0.4, -0.2) is 5.91 Å². The van der Waals surface area contributed by atoms with E-state index in [4.69, 9.17) is 0 Å². The summed E-state index contributed by atoms with van der Waals surface area (Å²) in [5.41, 5.74) is 4.91. The van der Waals surface area contributed by atoms with Gasteiger partial charge in [-0.1, -0.05) is 52.3 Å². The van der Waals surface area contributed by atoms with Gasteiger partial charge in [0.15, 0.2) is 0 Å². The zero-order valence-electron chi connectivity index (χ0n) is 10.6. The van der Waals surface area contributed by atoms with Gasteiger partial charge < -0.3 is 0 Å². The first-order chi connectivity index (χ1) is 9.16. The summed E-state index contributed by atoms with van der Waals surface area (Å²) in [7, 11) is 0. The van der Waals surface area contributed by atoms with Gasteiger partial charge in [0.05, 0.1) is 12.2 Å². The largest absolute Gasteiger partial charge is 0.281 e. The van der Waals surface area contributed by atoms with Crippen molar-refractivity contribution in [2.45, 2.75) is 13.5 Å². The lowest BCUT2D eigenvalue weighted by Crippen LogP contribution is -2.40. The van der Waals surface area contributed by atoms with Crippen LogP contribution in [0.5, 0.6) is 0 Å². The Morgan fingerprint density at radius 2 is 1.74 bits per heavy atom. The first kappa shape index (κ1) is 13.6. The van der Waals surface area contributed by atoms with E-state index in [0.29, 0.717) is 6.54 Å². The van der Waals surface area contributed by atoms with Crippen LogP contribution >= 0.6 is 15.9 Å². The zero-order valence-corrected chi connectivity index (χ0v) is 12.2. The van der Waals surface area contributed by atoms with Gasteiger partial charge in [-0.25, -0.2) is 0 Å². The molecule has 0 unspecified atom stereocenters. The molecule has 1 N–H and O–H groups in total. The molecule has 2 aromatic carbocycles. The third-order valence-electron chi connectivity index (χ3n) is 2.65. The Morgan fingerprint density at radius 1 is 1.11 bits per heavy atom. The summed E-state index contributed by atoms with van der Waals surface area (Å²) in [6, 6.07) is 17.8. The number of hydrogen-bond donors (Lipinski definition) is 1. The number of benzene rings is 2. The van der Waals surface area contributed by atoms with Crippen molar-refractivity contribution in [3.8, 4) is 0 Å². The van der Waals surface area contributed by atoms with Gasteiger partial charge in [0.25, 0.3) is 0 Å². The van der Waals surface area contributed by atoms with E-state index in [2.05, 4.69) is 21.4 Å². The van der Waals surface area contributed by atoms with Crippen molar-refractivity contribution in [1.29, 1.82) is 0 Å². The van der Waals surface area contributed by atoms with Crippen LogP contribution < -0.4 is 10.4 Å². The Hall–Kier alpha value is -1.81. The number of carbonyl (C=O) groups excluding carboxylic acids is 1. The highest BCUT2D eigenvalue weighted by atomic mass is 79.9. The summed E-state index contributed by atoms with van der Waals surface area (Å²) in [4.78, 5) is 11.3. The van der Waals surface area contributed by atoms with E-state index in [0.717, 1.165) is 15.7 Å². The Morgan fingerprint density at radius 3 is 2.37 bits per heavy atom. The van der Waals surface area contributed by atoms with Crippen LogP contribution in [0.4, 0.5) is 5.69 Å². The van der Waals surface area contributed by atoms with E-state index >= 15 is 0 Å². The minimum atomic E-state index is -0.0871. The van der Waals surface area contributed by atoms with E-state index in [-0.39, 0.29) is 5.91 Å². The number of carbonyl (C=O) groups is 1. The zero-order chi connectivity index (χ0) is 13.7. The molecular formula is C15H15BrN2O. The quantitative estimate of drug-likeness (QED) is 0.875. The highest BCUT2D eigenvalue weighted by Crippen LogP contribution is 2.20. The maximum atomic E-state index is 11.3. The molecular weight excluding hydrogens is 304 g/mol. The number of nitrogens with one attached hydrogen (secondary N) is 1. The summed E-state index contributed by atoms with van der Waals surface area (Å²) in [5.74, 6) is -0.0871. The third-order valence-corrected chi connectivity index (χ3v) is 3.42. The molecule has 19 heavy (non-hydrogen) atoms. The van der Waals surface area contributed by atoms with Crippen molar-refractivity contribution in [3.63, 3.8) is 0 Å². The van der Waals surface area contributed by atoms with Crippen molar-refractivity contribution in [2.75, 3.05) is 5.01 Å². The first-order valence-corrected chi connectivity index (χ1v) is 6.79. The lowest BCUT2D eigenvalue weighted by Gasteiger charge is -2.25. The van der Waals surface area contributed by atoms with Gasteiger partial charge in [0.2, 0.25) is 5.91 Å². The number of para-hydroxylation sites is 1. The maximum absolute atomic E-state index is 11.3. The molecule has 0 atom stereocenters. The molecule has 0 spiro atoms. The van der Waals surface area contributed by atoms with Gasteiger partial charge >= 0.3 is 0 Å². The van der Waals surface area contributed by atoms with Gasteiger partial charge in [-0.3, -0.25) is 15.2 Å². The SMILES string of the molecule is CC(=O)NN(Cc1ccccc1Br)c1ccccc1. The predicted octanol–water partition coefficient (Wildman–Crippen LogP) is 3.51. The van der Waals surface area contributed by atoms with E-state index in [1.165, 1.54) is 6.92 Å². The molecule has 0 radical (unpaired) electrons. The van der Waals surface area contributed by atoms with Gasteiger partial charge in [-0.05, 0) is 23.8 Å². The second kappa shape index (κ2) is 6.38. The number of halogens is 1. The van der Waals surface area contributed by atoms with Crippen LogP contribution in [0.15, 0.2) is 59.1 Å². The summed E-state index contributed by atoms with van der Waals surface area (Å²) >= 11 is 3.52. The molecule has 0 fully saturated rings. The number of nitrogens with zero attached hydrogens (tertiary/aromatic N) is 1. The second-order valence-corrected chi connectivity index (χ2v) is 5.04. The molecule has 98 valence electrons. The molecule has 2 rings (SSSR count). The number of hydrazine groups is 1. The number of anilines is 1. The molecule has 0 saturated heterocycles. The number of amides is 1. The Bertz CT molecular complexity index is 557. The average molecular weight is 319 g/mol. The molecule has 0 saturated carbocycles. The molecule has 1 amide bonds. The fraction of sp³-hybridized carbons (Fsp3) is 0.133. The fourth-order valence-corrected chi connectivity index (χ4v) is 2.20. The Labute approximate surface area is 121 Å². The van der Waals surface area contributed by atoms with Crippen molar-refractivity contribution in [3.05, 3.63) is 64.6 Å². The predicted molar refractivity (Wildman–Crippen MR) is 80.6 cm³/mol. The monoisotopic (exact) mass is 318 g/mol. The van der Waals surface area contributed by atoms with E-state index < -0.39 is 0 Å². The standard InChI is InChI=1S/C15H15BrN2O/c1-12(19)17-18(14-8-3-2-4-9-14)11-13-7-5-6-10-15(13)16/h2-10H,11H2,1H3,(H,17,19). The van der Waals surface area contributed by atoms with Gasteiger partial charge in [0.1, 0.15) is 0 Å². The van der Waals surface area contributed by atoms with Crippen LogP contribution in [0, 0.1) is 0 Å². The molecule has 0 aromatic heterocycles. The topological polar surface area (TPSA) is 32.3 Å². The van der Waals surface area contributed by atoms with Gasteiger partial charge in [-0.15, -0.1) is 0 Å².